The van der Waals surface area contributed by atoms with Gasteiger partial charge in [0.1, 0.15) is 0 Å². The molecule has 1 saturated heterocycles. The van der Waals surface area contributed by atoms with Crippen molar-refractivity contribution in [2.45, 2.75) is 50.6 Å². The largest absolute Gasteiger partial charge is 0.422 e. The molecule has 1 unspecified atom stereocenters. The molecular weight excluding hydrogens is 335 g/mol. The van der Waals surface area contributed by atoms with E-state index in [0.717, 1.165) is 12.8 Å². The van der Waals surface area contributed by atoms with Gasteiger partial charge in [0.2, 0.25) is 0 Å². The zero-order valence-corrected chi connectivity index (χ0v) is 13.3. The minimum atomic E-state index is -4.87. The lowest BCUT2D eigenvalue weighted by atomic mass is 10.0. The van der Waals surface area contributed by atoms with Crippen LogP contribution in [0.15, 0.2) is 23.8 Å². The minimum Gasteiger partial charge on any atom is -0.348 e. The van der Waals surface area contributed by atoms with Crippen molar-refractivity contribution in [1.29, 1.82) is 0 Å². The van der Waals surface area contributed by atoms with Crippen LogP contribution in [0.4, 0.5) is 22.0 Å². The van der Waals surface area contributed by atoms with Gasteiger partial charge in [0.25, 0.3) is 0 Å². The van der Waals surface area contributed by atoms with Crippen LogP contribution in [0.3, 0.4) is 0 Å². The summed E-state index contributed by atoms with van der Waals surface area (Å²) in [5.41, 5.74) is 0.630. The molecule has 1 aliphatic heterocycles. The van der Waals surface area contributed by atoms with Gasteiger partial charge in [-0.15, -0.1) is 0 Å². The summed E-state index contributed by atoms with van der Waals surface area (Å²) < 4.78 is 79.4. The van der Waals surface area contributed by atoms with Gasteiger partial charge < -0.3 is 14.2 Å². The lowest BCUT2D eigenvalue weighted by Crippen LogP contribution is -2.46. The van der Waals surface area contributed by atoms with E-state index in [9.17, 15) is 22.0 Å². The number of rotatable bonds is 7. The number of hydrogen-bond donors (Lipinski definition) is 0. The summed E-state index contributed by atoms with van der Waals surface area (Å²) in [5.74, 6) is -4.52. The first-order chi connectivity index (χ1) is 11.3. The molecule has 8 heteroatoms. The lowest BCUT2D eigenvalue weighted by molar-refractivity contribution is -0.358. The number of alkyl halides is 5. The highest BCUT2D eigenvalue weighted by molar-refractivity contribution is 5.27. The maximum absolute atomic E-state index is 13.2. The fourth-order valence-electron chi connectivity index (χ4n) is 2.54. The lowest BCUT2D eigenvalue weighted by Gasteiger charge is -2.32. The van der Waals surface area contributed by atoms with E-state index in [1.807, 2.05) is 0 Å². The molecule has 0 bridgehead atoms. The Morgan fingerprint density at radius 1 is 1.21 bits per heavy atom. The topological polar surface area (TPSA) is 27.7 Å². The average Bonchev–Trinajstić information content (AvgIpc) is 2.56. The molecule has 2 aliphatic rings. The molecule has 1 aliphatic carbocycles. The molecule has 1 fully saturated rings. The first kappa shape index (κ1) is 19.3. The van der Waals surface area contributed by atoms with E-state index in [-0.39, 0.29) is 6.42 Å². The van der Waals surface area contributed by atoms with Gasteiger partial charge in [0.15, 0.2) is 13.0 Å². The zero-order valence-electron chi connectivity index (χ0n) is 13.3. The Bertz CT molecular complexity index is 470. The van der Waals surface area contributed by atoms with Crippen LogP contribution in [0.25, 0.3) is 0 Å². The van der Waals surface area contributed by atoms with Gasteiger partial charge in [-0.2, -0.15) is 17.6 Å². The Morgan fingerprint density at radius 2 is 1.88 bits per heavy atom. The third kappa shape index (κ3) is 4.55. The maximum atomic E-state index is 13.2. The standard InChI is InChI=1S/C16H21F5O3/c1-2-3-11-8-22-14(23-9-11)12-4-6-13(7-5-12)24-16(20,21)15(18,19)10-17/h4-6,11,13-14H,2-3,7-10H2,1H3. The Morgan fingerprint density at radius 3 is 2.38 bits per heavy atom. The van der Waals surface area contributed by atoms with E-state index in [2.05, 4.69) is 11.7 Å². The van der Waals surface area contributed by atoms with Crippen LogP contribution >= 0.6 is 0 Å². The Balaban J connectivity index is 1.86. The van der Waals surface area contributed by atoms with E-state index < -0.39 is 31.1 Å². The van der Waals surface area contributed by atoms with Crippen LogP contribution in [0.5, 0.6) is 0 Å². The van der Waals surface area contributed by atoms with E-state index in [0.29, 0.717) is 24.7 Å². The minimum absolute atomic E-state index is 0.0502. The van der Waals surface area contributed by atoms with Crippen LogP contribution in [-0.2, 0) is 14.2 Å². The molecular formula is C16H21F5O3. The fraction of sp³-hybridized carbons (Fsp3) is 0.750. The second-order valence-corrected chi connectivity index (χ2v) is 5.96. The van der Waals surface area contributed by atoms with Gasteiger partial charge >= 0.3 is 12.0 Å². The molecule has 2 rings (SSSR count). The van der Waals surface area contributed by atoms with Gasteiger partial charge in [-0.1, -0.05) is 31.6 Å². The molecule has 138 valence electrons. The number of ether oxygens (including phenoxy) is 3. The summed E-state index contributed by atoms with van der Waals surface area (Å²) in [6, 6.07) is 0. The Kier molecular flexibility index (Phi) is 6.39. The fourth-order valence-corrected chi connectivity index (χ4v) is 2.54. The van der Waals surface area contributed by atoms with Crippen LogP contribution in [0, 0.1) is 5.92 Å². The van der Waals surface area contributed by atoms with Crippen molar-refractivity contribution >= 4 is 0 Å². The molecule has 0 aromatic carbocycles. The molecule has 0 radical (unpaired) electrons. The van der Waals surface area contributed by atoms with Gasteiger partial charge in [-0.05, 0) is 12.8 Å². The van der Waals surface area contributed by atoms with Crippen molar-refractivity contribution in [1.82, 2.24) is 0 Å². The van der Waals surface area contributed by atoms with Crippen molar-refractivity contribution in [2.24, 2.45) is 5.92 Å². The summed E-state index contributed by atoms with van der Waals surface area (Å²) >= 11 is 0. The maximum Gasteiger partial charge on any atom is 0.422 e. The molecule has 0 N–H and O–H groups in total. The molecule has 24 heavy (non-hydrogen) atoms. The highest BCUT2D eigenvalue weighted by Gasteiger charge is 2.59. The summed E-state index contributed by atoms with van der Waals surface area (Å²) in [6.07, 6.45) is -0.541. The van der Waals surface area contributed by atoms with Gasteiger partial charge in [-0.25, -0.2) is 4.39 Å². The molecule has 0 spiro atoms. The predicted octanol–water partition coefficient (Wildman–Crippen LogP) is 4.24. The smallest absolute Gasteiger partial charge is 0.348 e. The van der Waals surface area contributed by atoms with E-state index in [1.54, 1.807) is 6.08 Å². The second kappa shape index (κ2) is 7.93. The van der Waals surface area contributed by atoms with E-state index >= 15 is 0 Å². The molecule has 0 aromatic heterocycles. The first-order valence-corrected chi connectivity index (χ1v) is 7.90. The summed E-state index contributed by atoms with van der Waals surface area (Å²) in [5, 5.41) is 0. The normalized spacial score (nSPS) is 28.8. The van der Waals surface area contributed by atoms with Crippen molar-refractivity contribution in [3.63, 3.8) is 0 Å². The monoisotopic (exact) mass is 356 g/mol. The summed E-state index contributed by atoms with van der Waals surface area (Å²) in [7, 11) is 0. The predicted molar refractivity (Wildman–Crippen MR) is 76.7 cm³/mol. The first-order valence-electron chi connectivity index (χ1n) is 7.90. The van der Waals surface area contributed by atoms with Crippen molar-refractivity contribution in [3.05, 3.63) is 23.8 Å². The Labute approximate surface area is 137 Å². The highest BCUT2D eigenvalue weighted by Crippen LogP contribution is 2.38. The third-order valence-corrected chi connectivity index (χ3v) is 3.92. The van der Waals surface area contributed by atoms with Crippen LogP contribution in [0.2, 0.25) is 0 Å². The van der Waals surface area contributed by atoms with Gasteiger partial charge in [-0.3, -0.25) is 0 Å². The average molecular weight is 356 g/mol. The zero-order chi connectivity index (χ0) is 17.8. The highest BCUT2D eigenvalue weighted by atomic mass is 19.3. The molecule has 1 heterocycles. The molecule has 0 amide bonds. The Hall–Kier alpha value is -0.990. The van der Waals surface area contributed by atoms with Crippen molar-refractivity contribution in [2.75, 3.05) is 19.9 Å². The number of hydrogen-bond acceptors (Lipinski definition) is 3. The quantitative estimate of drug-likeness (QED) is 0.639. The van der Waals surface area contributed by atoms with Crippen LogP contribution in [-0.4, -0.2) is 44.3 Å². The van der Waals surface area contributed by atoms with Crippen molar-refractivity contribution < 1.29 is 36.2 Å². The van der Waals surface area contributed by atoms with Crippen LogP contribution in [0.1, 0.15) is 26.2 Å². The van der Waals surface area contributed by atoms with Gasteiger partial charge in [0.05, 0.1) is 19.3 Å². The molecule has 3 nitrogen and oxygen atoms in total. The van der Waals surface area contributed by atoms with E-state index in [4.69, 9.17) is 9.47 Å². The van der Waals surface area contributed by atoms with Gasteiger partial charge in [0, 0.05) is 11.5 Å². The summed E-state index contributed by atoms with van der Waals surface area (Å²) in [4.78, 5) is 0. The second-order valence-electron chi connectivity index (χ2n) is 5.96. The summed E-state index contributed by atoms with van der Waals surface area (Å²) in [6.45, 7) is 0.676. The van der Waals surface area contributed by atoms with Crippen LogP contribution < -0.4 is 0 Å². The molecule has 0 aromatic rings. The molecule has 0 saturated carbocycles. The van der Waals surface area contributed by atoms with Crippen molar-refractivity contribution in [3.8, 4) is 0 Å². The molecule has 1 atom stereocenters. The third-order valence-electron chi connectivity index (χ3n) is 3.92. The SMILES string of the molecule is CCCC1COC(C2=CCC(OC(F)(F)C(F)(F)CF)C=C2)OC1. The number of halogens is 5. The van der Waals surface area contributed by atoms with E-state index in [1.165, 1.54) is 12.2 Å².